The van der Waals surface area contributed by atoms with E-state index < -0.39 is 0 Å². The molecular weight excluding hydrogens is 322 g/mol. The molecule has 2 unspecified atom stereocenters. The van der Waals surface area contributed by atoms with Gasteiger partial charge in [-0.25, -0.2) is 0 Å². The van der Waals surface area contributed by atoms with Gasteiger partial charge in [0, 0.05) is 49.7 Å². The molecule has 2 heterocycles. The van der Waals surface area contributed by atoms with Crippen molar-refractivity contribution >= 4 is 27.3 Å². The summed E-state index contributed by atoms with van der Waals surface area (Å²) in [6, 6.07) is 5.29. The Balaban J connectivity index is 1.76. The molecule has 0 bridgehead atoms. The van der Waals surface area contributed by atoms with Crippen molar-refractivity contribution in [3.63, 3.8) is 0 Å². The Kier molecular flexibility index (Phi) is 5.84. The minimum Gasteiger partial charge on any atom is -0.306 e. The van der Waals surface area contributed by atoms with Crippen LogP contribution in [0, 0.1) is 0 Å². The number of likely N-dealkylation sites (N-methyl/N-ethyl adjacent to an activating group) is 1. The molecule has 19 heavy (non-hydrogen) atoms. The van der Waals surface area contributed by atoms with Gasteiger partial charge in [0.1, 0.15) is 0 Å². The fraction of sp³-hybridized carbons (Fsp3) is 0.714. The van der Waals surface area contributed by atoms with Gasteiger partial charge < -0.3 is 10.2 Å². The Morgan fingerprint density at radius 1 is 1.26 bits per heavy atom. The first-order valence-corrected chi connectivity index (χ1v) is 8.57. The summed E-state index contributed by atoms with van der Waals surface area (Å²) in [4.78, 5) is 6.37. The number of hydrogen-bond acceptors (Lipinski definition) is 4. The summed E-state index contributed by atoms with van der Waals surface area (Å²) in [6.45, 7) is 10.5. The van der Waals surface area contributed by atoms with Crippen LogP contribution < -0.4 is 5.32 Å². The van der Waals surface area contributed by atoms with E-state index in [2.05, 4.69) is 64.1 Å². The number of nitrogens with zero attached hydrogens (tertiary/aromatic N) is 2. The zero-order valence-electron chi connectivity index (χ0n) is 12.0. The molecular formula is C14H24BrN3S. The normalized spacial score (nSPS) is 21.5. The predicted molar refractivity (Wildman–Crippen MR) is 87.0 cm³/mol. The standard InChI is InChI=1S/C14H24BrN3S/c1-11(10-18-8-6-17(3)7-9-18)16-12(2)13-4-5-14(15)19-13/h4-5,11-12,16H,6-10H2,1-3H3. The van der Waals surface area contributed by atoms with Crippen molar-refractivity contribution in [2.45, 2.75) is 25.9 Å². The molecule has 0 aliphatic carbocycles. The quantitative estimate of drug-likeness (QED) is 0.885. The van der Waals surface area contributed by atoms with Gasteiger partial charge in [0.05, 0.1) is 3.79 Å². The second kappa shape index (κ2) is 7.18. The van der Waals surface area contributed by atoms with Gasteiger partial charge in [0.15, 0.2) is 0 Å². The van der Waals surface area contributed by atoms with E-state index >= 15 is 0 Å². The summed E-state index contributed by atoms with van der Waals surface area (Å²) in [5, 5.41) is 3.70. The third kappa shape index (κ3) is 4.83. The first-order valence-electron chi connectivity index (χ1n) is 6.97. The number of hydrogen-bond donors (Lipinski definition) is 1. The Morgan fingerprint density at radius 3 is 2.53 bits per heavy atom. The van der Waals surface area contributed by atoms with Gasteiger partial charge in [0.2, 0.25) is 0 Å². The average Bonchev–Trinajstić information content (AvgIpc) is 2.79. The smallest absolute Gasteiger partial charge is 0.0701 e. The molecule has 1 saturated heterocycles. The summed E-state index contributed by atoms with van der Waals surface area (Å²) in [7, 11) is 2.20. The molecule has 1 aromatic rings. The van der Waals surface area contributed by atoms with Gasteiger partial charge in [-0.3, -0.25) is 4.90 Å². The van der Waals surface area contributed by atoms with E-state index in [4.69, 9.17) is 0 Å². The number of piperazine rings is 1. The predicted octanol–water partition coefficient (Wildman–Crippen LogP) is 2.80. The van der Waals surface area contributed by atoms with Crippen LogP contribution in [-0.4, -0.2) is 55.6 Å². The highest BCUT2D eigenvalue weighted by Crippen LogP contribution is 2.27. The first-order chi connectivity index (χ1) is 9.04. The van der Waals surface area contributed by atoms with E-state index in [1.54, 1.807) is 0 Å². The van der Waals surface area contributed by atoms with Crippen molar-refractivity contribution in [1.29, 1.82) is 0 Å². The van der Waals surface area contributed by atoms with E-state index in [9.17, 15) is 0 Å². The van der Waals surface area contributed by atoms with Gasteiger partial charge >= 0.3 is 0 Å². The topological polar surface area (TPSA) is 18.5 Å². The third-order valence-electron chi connectivity index (χ3n) is 3.68. The largest absolute Gasteiger partial charge is 0.306 e. The van der Waals surface area contributed by atoms with Crippen molar-refractivity contribution in [2.24, 2.45) is 0 Å². The van der Waals surface area contributed by atoms with Crippen LogP contribution in [0.3, 0.4) is 0 Å². The SMILES string of the molecule is CC(CN1CCN(C)CC1)NC(C)c1ccc(Br)s1. The molecule has 2 rings (SSSR count). The fourth-order valence-corrected chi connectivity index (χ4v) is 3.98. The zero-order valence-corrected chi connectivity index (χ0v) is 14.4. The average molecular weight is 346 g/mol. The lowest BCUT2D eigenvalue weighted by Crippen LogP contribution is -2.49. The van der Waals surface area contributed by atoms with Gasteiger partial charge in [-0.05, 0) is 49.0 Å². The first kappa shape index (κ1) is 15.4. The third-order valence-corrected chi connectivity index (χ3v) is 5.49. The van der Waals surface area contributed by atoms with Gasteiger partial charge in [-0.1, -0.05) is 0 Å². The Morgan fingerprint density at radius 2 is 1.95 bits per heavy atom. The Hall–Kier alpha value is 0.0600. The van der Waals surface area contributed by atoms with E-state index in [1.807, 2.05) is 11.3 Å². The molecule has 108 valence electrons. The van der Waals surface area contributed by atoms with Crippen LogP contribution in [0.4, 0.5) is 0 Å². The maximum atomic E-state index is 3.70. The summed E-state index contributed by atoms with van der Waals surface area (Å²) in [6.07, 6.45) is 0. The summed E-state index contributed by atoms with van der Waals surface area (Å²) >= 11 is 5.35. The maximum Gasteiger partial charge on any atom is 0.0701 e. The van der Waals surface area contributed by atoms with Crippen LogP contribution in [0.15, 0.2) is 15.9 Å². The van der Waals surface area contributed by atoms with Crippen molar-refractivity contribution in [3.8, 4) is 0 Å². The van der Waals surface area contributed by atoms with E-state index in [0.29, 0.717) is 12.1 Å². The molecule has 3 nitrogen and oxygen atoms in total. The molecule has 0 radical (unpaired) electrons. The van der Waals surface area contributed by atoms with E-state index in [0.717, 1.165) is 6.54 Å². The van der Waals surface area contributed by atoms with Crippen molar-refractivity contribution in [3.05, 3.63) is 20.8 Å². The molecule has 1 aromatic heterocycles. The summed E-state index contributed by atoms with van der Waals surface area (Å²) in [5.74, 6) is 0. The Bertz CT molecular complexity index is 388. The second-order valence-corrected chi connectivity index (χ2v) is 8.03. The van der Waals surface area contributed by atoms with Crippen LogP contribution >= 0.6 is 27.3 Å². The molecule has 2 atom stereocenters. The summed E-state index contributed by atoms with van der Waals surface area (Å²) in [5.41, 5.74) is 0. The van der Waals surface area contributed by atoms with Gasteiger partial charge in [0.25, 0.3) is 0 Å². The summed E-state index contributed by atoms with van der Waals surface area (Å²) < 4.78 is 1.21. The van der Waals surface area contributed by atoms with Crippen LogP contribution in [-0.2, 0) is 0 Å². The van der Waals surface area contributed by atoms with Crippen molar-refractivity contribution in [2.75, 3.05) is 39.8 Å². The minimum atomic E-state index is 0.429. The lowest BCUT2D eigenvalue weighted by atomic mass is 10.2. The van der Waals surface area contributed by atoms with Gasteiger partial charge in [-0.2, -0.15) is 0 Å². The molecule has 1 aliphatic heterocycles. The molecule has 0 amide bonds. The van der Waals surface area contributed by atoms with Gasteiger partial charge in [-0.15, -0.1) is 11.3 Å². The van der Waals surface area contributed by atoms with Crippen LogP contribution in [0.1, 0.15) is 24.8 Å². The molecule has 1 fully saturated rings. The molecule has 0 aromatic carbocycles. The zero-order chi connectivity index (χ0) is 13.8. The molecule has 0 spiro atoms. The number of rotatable bonds is 5. The molecule has 1 N–H and O–H groups in total. The lowest BCUT2D eigenvalue weighted by molar-refractivity contribution is 0.142. The molecule has 0 saturated carbocycles. The molecule has 1 aliphatic rings. The van der Waals surface area contributed by atoms with Crippen LogP contribution in [0.25, 0.3) is 0 Å². The van der Waals surface area contributed by atoms with E-state index in [-0.39, 0.29) is 0 Å². The lowest BCUT2D eigenvalue weighted by Gasteiger charge is -2.34. The maximum absolute atomic E-state index is 3.70. The fourth-order valence-electron chi connectivity index (χ4n) is 2.54. The van der Waals surface area contributed by atoms with E-state index in [1.165, 1.54) is 34.8 Å². The molecule has 5 heteroatoms. The highest BCUT2D eigenvalue weighted by atomic mass is 79.9. The van der Waals surface area contributed by atoms with Crippen LogP contribution in [0.2, 0.25) is 0 Å². The van der Waals surface area contributed by atoms with Crippen molar-refractivity contribution in [1.82, 2.24) is 15.1 Å². The van der Waals surface area contributed by atoms with Crippen molar-refractivity contribution < 1.29 is 0 Å². The number of nitrogens with one attached hydrogen (secondary N) is 1. The highest BCUT2D eigenvalue weighted by Gasteiger charge is 2.17. The number of thiophene rings is 1. The minimum absolute atomic E-state index is 0.429. The second-order valence-electron chi connectivity index (χ2n) is 5.54. The highest BCUT2D eigenvalue weighted by molar-refractivity contribution is 9.11. The number of halogens is 1. The Labute approximate surface area is 129 Å². The monoisotopic (exact) mass is 345 g/mol. The van der Waals surface area contributed by atoms with Crippen LogP contribution in [0.5, 0.6) is 0 Å².